The van der Waals surface area contributed by atoms with Crippen LogP contribution in [0.4, 0.5) is 0 Å². The van der Waals surface area contributed by atoms with Gasteiger partial charge in [-0.3, -0.25) is 0 Å². The molecule has 1 N–H and O–H groups in total. The van der Waals surface area contributed by atoms with E-state index in [0.717, 1.165) is 25.7 Å². The van der Waals surface area contributed by atoms with Crippen LogP contribution in [-0.4, -0.2) is 20.7 Å². The molecule has 0 radical (unpaired) electrons. The van der Waals surface area contributed by atoms with Crippen LogP contribution in [-0.2, 0) is 10.0 Å². The van der Waals surface area contributed by atoms with Gasteiger partial charge in [-0.25, -0.2) is 13.1 Å². The zero-order valence-electron chi connectivity index (χ0n) is 24.9. The molecule has 0 saturated carbocycles. The highest BCUT2D eigenvalue weighted by Gasteiger charge is 2.08. The Morgan fingerprint density at radius 3 is 0.917 bits per heavy atom. The van der Waals surface area contributed by atoms with Gasteiger partial charge >= 0.3 is 0 Å². The fourth-order valence-electron chi connectivity index (χ4n) is 5.11. The molecule has 36 heavy (non-hydrogen) atoms. The van der Waals surface area contributed by atoms with Crippen molar-refractivity contribution in [1.29, 1.82) is 0 Å². The minimum atomic E-state index is -3.07. The lowest BCUT2D eigenvalue weighted by molar-refractivity contribution is 0.531. The first-order valence-corrected chi connectivity index (χ1v) is 18.2. The molecule has 0 amide bonds. The van der Waals surface area contributed by atoms with E-state index in [1.807, 2.05) is 0 Å². The van der Waals surface area contributed by atoms with Gasteiger partial charge in [-0.05, 0) is 12.8 Å². The zero-order chi connectivity index (χ0) is 26.4. The molecule has 0 unspecified atom stereocenters. The van der Waals surface area contributed by atoms with Gasteiger partial charge in [0.25, 0.3) is 0 Å². The molecule has 0 aliphatic rings. The van der Waals surface area contributed by atoms with Crippen LogP contribution in [0.5, 0.6) is 0 Å². The van der Waals surface area contributed by atoms with E-state index in [4.69, 9.17) is 0 Å². The lowest BCUT2D eigenvalue weighted by Crippen LogP contribution is -2.27. The first-order valence-electron chi connectivity index (χ1n) is 16.6. The Labute approximate surface area is 228 Å². The third kappa shape index (κ3) is 30.1. The van der Waals surface area contributed by atoms with Crippen molar-refractivity contribution in [2.24, 2.45) is 0 Å². The Balaban J connectivity index is 3.29. The van der Waals surface area contributed by atoms with E-state index in [2.05, 4.69) is 18.6 Å². The van der Waals surface area contributed by atoms with E-state index in [1.165, 1.54) is 154 Å². The Bertz CT molecular complexity index is 506. The molecule has 0 aliphatic carbocycles. The van der Waals surface area contributed by atoms with Crippen LogP contribution >= 0.6 is 0 Å². The van der Waals surface area contributed by atoms with E-state index >= 15 is 0 Å². The van der Waals surface area contributed by atoms with Crippen molar-refractivity contribution in [3.63, 3.8) is 0 Å². The average Bonchev–Trinajstić information content (AvgIpc) is 2.86. The molecule has 0 saturated heterocycles. The predicted molar refractivity (Wildman–Crippen MR) is 162 cm³/mol. The molecule has 0 aromatic heterocycles. The van der Waals surface area contributed by atoms with Crippen molar-refractivity contribution >= 4 is 10.0 Å². The molecule has 0 spiro atoms. The second-order valence-electron chi connectivity index (χ2n) is 11.4. The molecule has 0 aromatic rings. The quantitative estimate of drug-likeness (QED) is 0.0907. The van der Waals surface area contributed by atoms with E-state index in [9.17, 15) is 8.42 Å². The van der Waals surface area contributed by atoms with Crippen molar-refractivity contribution in [2.75, 3.05) is 12.3 Å². The molecule has 0 aliphatic heterocycles. The monoisotopic (exact) mass is 529 g/mol. The Hall–Kier alpha value is -0.0900. The zero-order valence-corrected chi connectivity index (χ0v) is 25.8. The van der Waals surface area contributed by atoms with E-state index < -0.39 is 10.0 Å². The first-order chi connectivity index (χ1) is 17.6. The molecular formula is C32H67NO2S. The van der Waals surface area contributed by atoms with Crippen molar-refractivity contribution in [3.8, 4) is 0 Å². The molecule has 0 bridgehead atoms. The molecule has 0 atom stereocenters. The van der Waals surface area contributed by atoms with Crippen molar-refractivity contribution in [3.05, 3.63) is 0 Å². The molecule has 3 nitrogen and oxygen atoms in total. The summed E-state index contributed by atoms with van der Waals surface area (Å²) in [5.41, 5.74) is 0. The lowest BCUT2D eigenvalue weighted by Gasteiger charge is -2.07. The smallest absolute Gasteiger partial charge is 0.211 e. The maximum absolute atomic E-state index is 12.2. The third-order valence-electron chi connectivity index (χ3n) is 7.62. The highest BCUT2D eigenvalue weighted by Crippen LogP contribution is 2.14. The summed E-state index contributed by atoms with van der Waals surface area (Å²) in [5, 5.41) is 0. The van der Waals surface area contributed by atoms with Gasteiger partial charge < -0.3 is 0 Å². The van der Waals surface area contributed by atoms with Crippen LogP contribution < -0.4 is 4.72 Å². The minimum absolute atomic E-state index is 0.309. The fraction of sp³-hybridized carbons (Fsp3) is 1.00. The number of unbranched alkanes of at least 4 members (excludes halogenated alkanes) is 26. The average molecular weight is 530 g/mol. The fourth-order valence-corrected chi connectivity index (χ4v) is 6.29. The third-order valence-corrected chi connectivity index (χ3v) is 9.09. The summed E-state index contributed by atoms with van der Waals surface area (Å²) in [4.78, 5) is 0. The Morgan fingerprint density at radius 1 is 0.361 bits per heavy atom. The van der Waals surface area contributed by atoms with Crippen LogP contribution in [0.2, 0.25) is 0 Å². The van der Waals surface area contributed by atoms with Crippen molar-refractivity contribution in [2.45, 2.75) is 194 Å². The highest BCUT2D eigenvalue weighted by atomic mass is 32.2. The van der Waals surface area contributed by atoms with Gasteiger partial charge in [-0.1, -0.05) is 181 Å². The molecule has 0 aromatic carbocycles. The number of hydrogen-bond donors (Lipinski definition) is 1. The Morgan fingerprint density at radius 2 is 0.611 bits per heavy atom. The topological polar surface area (TPSA) is 46.2 Å². The highest BCUT2D eigenvalue weighted by molar-refractivity contribution is 7.89. The Kier molecular flexibility index (Phi) is 29.4. The second kappa shape index (κ2) is 29.5. The van der Waals surface area contributed by atoms with E-state index in [0.29, 0.717) is 12.3 Å². The van der Waals surface area contributed by atoms with Gasteiger partial charge in [0.1, 0.15) is 0 Å². The van der Waals surface area contributed by atoms with Gasteiger partial charge in [0.05, 0.1) is 5.75 Å². The van der Waals surface area contributed by atoms with Crippen LogP contribution in [0.1, 0.15) is 194 Å². The molecule has 4 heteroatoms. The molecule has 0 heterocycles. The number of rotatable bonds is 31. The van der Waals surface area contributed by atoms with Gasteiger partial charge in [-0.2, -0.15) is 0 Å². The summed E-state index contributed by atoms with van der Waals surface area (Å²) in [6.07, 6.45) is 36.8. The van der Waals surface area contributed by atoms with E-state index in [1.54, 1.807) is 0 Å². The van der Waals surface area contributed by atoms with Gasteiger partial charge in [0, 0.05) is 6.54 Å². The van der Waals surface area contributed by atoms with Crippen LogP contribution in [0.15, 0.2) is 0 Å². The summed E-state index contributed by atoms with van der Waals surface area (Å²) < 4.78 is 27.2. The predicted octanol–water partition coefficient (Wildman–Crippen LogP) is 10.9. The minimum Gasteiger partial charge on any atom is -0.215 e. The summed E-state index contributed by atoms with van der Waals surface area (Å²) in [5.74, 6) is 0.309. The SMILES string of the molecule is CCCCCCCCCCCCCCCCNS(=O)(=O)CCCCCCCCCCCCCCCC. The summed E-state index contributed by atoms with van der Waals surface area (Å²) >= 11 is 0. The second-order valence-corrected chi connectivity index (χ2v) is 13.3. The van der Waals surface area contributed by atoms with E-state index in [-0.39, 0.29) is 0 Å². The lowest BCUT2D eigenvalue weighted by atomic mass is 10.0. The van der Waals surface area contributed by atoms with Crippen molar-refractivity contribution in [1.82, 2.24) is 4.72 Å². The summed E-state index contributed by atoms with van der Waals surface area (Å²) in [6.45, 7) is 5.18. The summed E-state index contributed by atoms with van der Waals surface area (Å²) in [6, 6.07) is 0. The van der Waals surface area contributed by atoms with Gasteiger partial charge in [0.15, 0.2) is 0 Å². The molecule has 218 valence electrons. The first kappa shape index (κ1) is 35.9. The van der Waals surface area contributed by atoms with Crippen molar-refractivity contribution < 1.29 is 8.42 Å². The van der Waals surface area contributed by atoms with Gasteiger partial charge in [-0.15, -0.1) is 0 Å². The largest absolute Gasteiger partial charge is 0.215 e. The molecule has 0 rings (SSSR count). The van der Waals surface area contributed by atoms with Crippen LogP contribution in [0, 0.1) is 0 Å². The molecule has 0 fully saturated rings. The number of hydrogen-bond acceptors (Lipinski definition) is 2. The van der Waals surface area contributed by atoms with Gasteiger partial charge in [0.2, 0.25) is 10.0 Å². The van der Waals surface area contributed by atoms with Crippen LogP contribution in [0.25, 0.3) is 0 Å². The maximum atomic E-state index is 12.2. The summed E-state index contributed by atoms with van der Waals surface area (Å²) in [7, 11) is -3.07. The maximum Gasteiger partial charge on any atom is 0.211 e. The molecular weight excluding hydrogens is 462 g/mol. The standard InChI is InChI=1S/C32H67NO2S/c1-3-5-7-9-11-13-15-17-19-21-23-25-27-29-31-33-36(34,35)32-30-28-26-24-22-20-18-16-14-12-10-8-6-4-2/h33H,3-32H2,1-2H3. The van der Waals surface area contributed by atoms with Crippen LogP contribution in [0.3, 0.4) is 0 Å². The normalized spacial score (nSPS) is 11.9. The number of nitrogens with one attached hydrogen (secondary N) is 1. The number of sulfonamides is 1.